The molecule has 4 rings (SSSR count). The van der Waals surface area contributed by atoms with Crippen LogP contribution in [0.15, 0.2) is 0 Å². The molecule has 0 saturated heterocycles. The van der Waals surface area contributed by atoms with Gasteiger partial charge in [-0.25, -0.2) is 8.78 Å². The summed E-state index contributed by atoms with van der Waals surface area (Å²) in [5.41, 5.74) is -0.499. The number of aliphatic carboxylic acids is 1. The van der Waals surface area contributed by atoms with Gasteiger partial charge < -0.3 is 15.3 Å². The van der Waals surface area contributed by atoms with Gasteiger partial charge in [0.1, 0.15) is 6.10 Å². The molecule has 0 bridgehead atoms. The Morgan fingerprint density at radius 2 is 1.73 bits per heavy atom. The number of carbonyl (C=O) groups is 1. The summed E-state index contributed by atoms with van der Waals surface area (Å²) in [5.74, 6) is -2.72. The van der Waals surface area contributed by atoms with Gasteiger partial charge in [-0.1, -0.05) is 20.8 Å². The molecule has 0 spiro atoms. The standard InChI is InChI=1S/C24H38F2O4/c1-13(4-7-20(29)30)15-5-6-16-21-17(8-9-22(15,16)2)23(3)12-24(25,26)19(28)11-14(23)10-18(21)27/h13-19,21,27-28H,4-12H2,1-3H3,(H,29,30)/t13-,14-,15-,16?,17?,18+,19+,21?,22-,23+/m1/s1. The zero-order valence-electron chi connectivity index (χ0n) is 18.5. The van der Waals surface area contributed by atoms with Gasteiger partial charge in [-0.2, -0.15) is 0 Å². The summed E-state index contributed by atoms with van der Waals surface area (Å²) in [6.07, 6.45) is 2.92. The molecule has 4 aliphatic carbocycles. The van der Waals surface area contributed by atoms with Crippen LogP contribution in [0.25, 0.3) is 0 Å². The van der Waals surface area contributed by atoms with Crippen molar-refractivity contribution in [3.05, 3.63) is 0 Å². The maximum Gasteiger partial charge on any atom is 0.303 e. The fraction of sp³-hybridized carbons (Fsp3) is 0.958. The summed E-state index contributed by atoms with van der Waals surface area (Å²) in [5, 5.41) is 30.2. The molecular formula is C24H38F2O4. The van der Waals surface area contributed by atoms with Crippen LogP contribution in [0.3, 0.4) is 0 Å². The Morgan fingerprint density at radius 3 is 2.40 bits per heavy atom. The lowest BCUT2D eigenvalue weighted by atomic mass is 9.43. The molecule has 3 N–H and O–H groups in total. The quantitative estimate of drug-likeness (QED) is 0.605. The van der Waals surface area contributed by atoms with Crippen LogP contribution in [0, 0.1) is 46.3 Å². The van der Waals surface area contributed by atoms with Crippen molar-refractivity contribution in [2.45, 2.75) is 96.7 Å². The molecule has 10 atom stereocenters. The Morgan fingerprint density at radius 1 is 1.07 bits per heavy atom. The molecule has 0 radical (unpaired) electrons. The Kier molecular flexibility index (Phi) is 5.53. The molecule has 4 saturated carbocycles. The lowest BCUT2D eigenvalue weighted by Crippen LogP contribution is -2.62. The van der Waals surface area contributed by atoms with Crippen LogP contribution in [0.5, 0.6) is 0 Å². The zero-order chi connectivity index (χ0) is 22.1. The Balaban J connectivity index is 1.59. The third kappa shape index (κ3) is 3.32. The van der Waals surface area contributed by atoms with Crippen molar-refractivity contribution < 1.29 is 28.9 Å². The topological polar surface area (TPSA) is 77.8 Å². The van der Waals surface area contributed by atoms with Crippen molar-refractivity contribution >= 4 is 5.97 Å². The van der Waals surface area contributed by atoms with Gasteiger partial charge in [0.2, 0.25) is 0 Å². The number of carboxylic acids is 1. The van der Waals surface area contributed by atoms with Crippen LogP contribution >= 0.6 is 0 Å². The van der Waals surface area contributed by atoms with E-state index in [1.807, 2.05) is 6.92 Å². The van der Waals surface area contributed by atoms with Crippen molar-refractivity contribution in [3.63, 3.8) is 0 Å². The molecule has 0 aromatic heterocycles. The predicted molar refractivity (Wildman–Crippen MR) is 109 cm³/mol. The van der Waals surface area contributed by atoms with Gasteiger partial charge in [-0.15, -0.1) is 0 Å². The number of alkyl halides is 2. The van der Waals surface area contributed by atoms with Crippen molar-refractivity contribution in [1.82, 2.24) is 0 Å². The first kappa shape index (κ1) is 22.4. The highest BCUT2D eigenvalue weighted by atomic mass is 19.3. The number of rotatable bonds is 4. The minimum atomic E-state index is -3.05. The average Bonchev–Trinajstić information content (AvgIpc) is 2.99. The average molecular weight is 429 g/mol. The molecule has 4 nitrogen and oxygen atoms in total. The number of carboxylic acid groups (broad SMARTS) is 1. The number of hydrogen-bond donors (Lipinski definition) is 3. The van der Waals surface area contributed by atoms with Crippen molar-refractivity contribution in [1.29, 1.82) is 0 Å². The molecule has 3 unspecified atom stereocenters. The summed E-state index contributed by atoms with van der Waals surface area (Å²) in [7, 11) is 0. The van der Waals surface area contributed by atoms with E-state index in [1.165, 1.54) is 0 Å². The minimum Gasteiger partial charge on any atom is -0.481 e. The first-order chi connectivity index (χ1) is 13.9. The van der Waals surface area contributed by atoms with E-state index >= 15 is 0 Å². The maximum atomic E-state index is 14.6. The Labute approximate surface area is 178 Å². The van der Waals surface area contributed by atoms with Gasteiger partial charge in [0.25, 0.3) is 5.92 Å². The van der Waals surface area contributed by atoms with Crippen molar-refractivity contribution in [3.8, 4) is 0 Å². The van der Waals surface area contributed by atoms with E-state index in [-0.39, 0.29) is 42.4 Å². The molecule has 0 amide bonds. The highest BCUT2D eigenvalue weighted by Crippen LogP contribution is 2.69. The molecule has 4 aliphatic rings. The van der Waals surface area contributed by atoms with E-state index in [4.69, 9.17) is 5.11 Å². The van der Waals surface area contributed by atoms with Crippen LogP contribution in [-0.2, 0) is 4.79 Å². The number of aliphatic hydroxyl groups excluding tert-OH is 2. The van der Waals surface area contributed by atoms with Crippen LogP contribution in [-0.4, -0.2) is 39.4 Å². The lowest BCUT2D eigenvalue weighted by Gasteiger charge is -2.63. The highest BCUT2D eigenvalue weighted by Gasteiger charge is 2.66. The zero-order valence-corrected chi connectivity index (χ0v) is 18.5. The molecule has 6 heteroatoms. The van der Waals surface area contributed by atoms with Gasteiger partial charge in [0.15, 0.2) is 0 Å². The Bertz CT molecular complexity index is 684. The second-order valence-corrected chi connectivity index (χ2v) is 11.6. The van der Waals surface area contributed by atoms with Crippen LogP contribution in [0.1, 0.15) is 78.6 Å². The molecule has 0 heterocycles. The van der Waals surface area contributed by atoms with E-state index in [2.05, 4.69) is 13.8 Å². The highest BCUT2D eigenvalue weighted by molar-refractivity contribution is 5.66. The fourth-order valence-corrected chi connectivity index (χ4v) is 8.76. The largest absolute Gasteiger partial charge is 0.481 e. The molecule has 4 fully saturated rings. The van der Waals surface area contributed by atoms with E-state index in [0.29, 0.717) is 30.6 Å². The number of fused-ring (bicyclic) bond motifs is 5. The first-order valence-electron chi connectivity index (χ1n) is 11.9. The monoisotopic (exact) mass is 428 g/mol. The van der Waals surface area contributed by atoms with Crippen molar-refractivity contribution in [2.24, 2.45) is 46.3 Å². The number of hydrogen-bond acceptors (Lipinski definition) is 3. The predicted octanol–water partition coefficient (Wildman–Crippen LogP) is 4.72. The van der Waals surface area contributed by atoms with Crippen LogP contribution in [0.2, 0.25) is 0 Å². The van der Waals surface area contributed by atoms with E-state index in [0.717, 1.165) is 25.7 Å². The van der Waals surface area contributed by atoms with Crippen molar-refractivity contribution in [2.75, 3.05) is 0 Å². The summed E-state index contributed by atoms with van der Waals surface area (Å²) in [6.45, 7) is 6.46. The van der Waals surface area contributed by atoms with Crippen LogP contribution < -0.4 is 0 Å². The van der Waals surface area contributed by atoms with E-state index in [9.17, 15) is 23.8 Å². The lowest BCUT2D eigenvalue weighted by molar-refractivity contribution is -0.236. The second kappa shape index (κ2) is 7.40. The van der Waals surface area contributed by atoms with E-state index < -0.39 is 29.5 Å². The van der Waals surface area contributed by atoms with Gasteiger partial charge in [0, 0.05) is 12.8 Å². The number of aliphatic hydroxyl groups is 2. The summed E-state index contributed by atoms with van der Waals surface area (Å²) < 4.78 is 29.1. The summed E-state index contributed by atoms with van der Waals surface area (Å²) >= 11 is 0. The molecule has 0 aromatic carbocycles. The minimum absolute atomic E-state index is 0.0349. The van der Waals surface area contributed by atoms with Gasteiger partial charge >= 0.3 is 5.97 Å². The molecule has 172 valence electrons. The van der Waals surface area contributed by atoms with Gasteiger partial charge in [0.05, 0.1) is 6.10 Å². The van der Waals surface area contributed by atoms with Gasteiger partial charge in [-0.05, 0) is 91.3 Å². The molecule has 0 aliphatic heterocycles. The first-order valence-corrected chi connectivity index (χ1v) is 11.9. The second-order valence-electron chi connectivity index (χ2n) is 11.6. The van der Waals surface area contributed by atoms with E-state index in [1.54, 1.807) is 0 Å². The third-order valence-electron chi connectivity index (χ3n) is 10.3. The normalized spacial score (nSPS) is 50.8. The summed E-state index contributed by atoms with van der Waals surface area (Å²) in [4.78, 5) is 11.0. The maximum absolute atomic E-state index is 14.6. The molecule has 30 heavy (non-hydrogen) atoms. The Hall–Kier alpha value is -0.750. The summed E-state index contributed by atoms with van der Waals surface area (Å²) in [6, 6.07) is 0. The third-order valence-corrected chi connectivity index (χ3v) is 10.3. The SMILES string of the molecule is C[C@H](CCC(=O)O)[C@H]1CCC2C3C(CC[C@@]21C)[C@@]1(C)CC(F)(F)[C@@H](O)C[C@H]1C[C@@H]3O. The number of halogens is 2. The smallest absolute Gasteiger partial charge is 0.303 e. The van der Waals surface area contributed by atoms with Crippen LogP contribution in [0.4, 0.5) is 8.78 Å². The fourth-order valence-electron chi connectivity index (χ4n) is 8.76. The van der Waals surface area contributed by atoms with Gasteiger partial charge in [-0.3, -0.25) is 4.79 Å². The molecular weight excluding hydrogens is 390 g/mol. The molecule has 0 aromatic rings.